The van der Waals surface area contributed by atoms with Gasteiger partial charge in [-0.25, -0.2) is 0 Å². The number of aliphatic hydroxyl groups is 1. The summed E-state index contributed by atoms with van der Waals surface area (Å²) in [6.45, 7) is 12.3. The fraction of sp³-hybridized carbons (Fsp3) is 1.00. The number of nitrogens with one attached hydrogen (secondary N) is 1. The van der Waals surface area contributed by atoms with Crippen molar-refractivity contribution in [3.05, 3.63) is 0 Å². The lowest BCUT2D eigenvalue weighted by Gasteiger charge is -2.43. The zero-order valence-electron chi connectivity index (χ0n) is 14.5. The molecule has 3 unspecified atom stereocenters. The molecule has 0 radical (unpaired) electrons. The Morgan fingerprint density at radius 2 is 2.00 bits per heavy atom. The van der Waals surface area contributed by atoms with Crippen LogP contribution in [-0.2, 0) is 0 Å². The summed E-state index contributed by atoms with van der Waals surface area (Å²) in [7, 11) is 0. The first-order valence-electron chi connectivity index (χ1n) is 9.10. The Morgan fingerprint density at radius 1 is 1.19 bits per heavy atom. The normalized spacial score (nSPS) is 39.1. The molecule has 2 N–H and O–H groups in total. The Kier molecular flexibility index (Phi) is 6.10. The molecule has 1 aliphatic heterocycles. The predicted molar refractivity (Wildman–Crippen MR) is 89.5 cm³/mol. The van der Waals surface area contributed by atoms with Crippen molar-refractivity contribution in [3.63, 3.8) is 0 Å². The van der Waals surface area contributed by atoms with Crippen LogP contribution in [0.3, 0.4) is 0 Å². The predicted octanol–water partition coefficient (Wildman–Crippen LogP) is 3.03. The largest absolute Gasteiger partial charge is 0.390 e. The van der Waals surface area contributed by atoms with E-state index in [0.717, 1.165) is 38.3 Å². The molecular weight excluding hydrogens is 260 g/mol. The van der Waals surface area contributed by atoms with Gasteiger partial charge in [0.15, 0.2) is 0 Å². The summed E-state index contributed by atoms with van der Waals surface area (Å²) in [5.74, 6) is 0.868. The lowest BCUT2D eigenvalue weighted by Crippen LogP contribution is -2.47. The molecule has 2 fully saturated rings. The van der Waals surface area contributed by atoms with Gasteiger partial charge in [0.2, 0.25) is 0 Å². The van der Waals surface area contributed by atoms with Crippen molar-refractivity contribution in [1.82, 2.24) is 10.2 Å². The molecule has 0 bridgehead atoms. The van der Waals surface area contributed by atoms with E-state index in [1.807, 2.05) is 6.92 Å². The molecule has 1 saturated carbocycles. The molecule has 0 aromatic heterocycles. The highest BCUT2D eigenvalue weighted by atomic mass is 16.3. The van der Waals surface area contributed by atoms with Gasteiger partial charge in [0, 0.05) is 19.6 Å². The highest BCUT2D eigenvalue weighted by molar-refractivity contribution is 4.91. The van der Waals surface area contributed by atoms with E-state index in [2.05, 4.69) is 24.1 Å². The van der Waals surface area contributed by atoms with Crippen LogP contribution in [0.1, 0.15) is 65.7 Å². The van der Waals surface area contributed by atoms with Crippen molar-refractivity contribution < 1.29 is 5.11 Å². The topological polar surface area (TPSA) is 35.5 Å². The van der Waals surface area contributed by atoms with Crippen molar-refractivity contribution in [1.29, 1.82) is 0 Å². The molecule has 0 spiro atoms. The molecule has 0 aromatic carbocycles. The monoisotopic (exact) mass is 296 g/mol. The van der Waals surface area contributed by atoms with Crippen LogP contribution in [-0.4, -0.2) is 48.3 Å². The first-order valence-corrected chi connectivity index (χ1v) is 9.10. The molecule has 3 nitrogen and oxygen atoms in total. The molecule has 124 valence electrons. The number of hydrogen-bond acceptors (Lipinski definition) is 3. The van der Waals surface area contributed by atoms with Gasteiger partial charge in [-0.05, 0) is 63.5 Å². The lowest BCUT2D eigenvalue weighted by molar-refractivity contribution is 0.0392. The summed E-state index contributed by atoms with van der Waals surface area (Å²) in [5, 5.41) is 13.9. The molecule has 1 heterocycles. The van der Waals surface area contributed by atoms with Gasteiger partial charge in [0.25, 0.3) is 0 Å². The summed E-state index contributed by atoms with van der Waals surface area (Å²) < 4.78 is 0. The highest BCUT2D eigenvalue weighted by Crippen LogP contribution is 2.40. The summed E-state index contributed by atoms with van der Waals surface area (Å²) >= 11 is 0. The van der Waals surface area contributed by atoms with Gasteiger partial charge in [-0.3, -0.25) is 0 Å². The molecule has 2 aliphatic rings. The minimum atomic E-state index is -0.441. The maximum atomic E-state index is 10.3. The molecule has 21 heavy (non-hydrogen) atoms. The van der Waals surface area contributed by atoms with Crippen molar-refractivity contribution >= 4 is 0 Å². The van der Waals surface area contributed by atoms with E-state index in [4.69, 9.17) is 0 Å². The van der Waals surface area contributed by atoms with Gasteiger partial charge < -0.3 is 15.3 Å². The molecule has 0 aromatic rings. The van der Waals surface area contributed by atoms with Crippen LogP contribution in [0.4, 0.5) is 0 Å². The summed E-state index contributed by atoms with van der Waals surface area (Å²) in [6.07, 6.45) is 8.56. The summed E-state index contributed by atoms with van der Waals surface area (Å²) in [4.78, 5) is 2.64. The third-order valence-corrected chi connectivity index (χ3v) is 5.65. The van der Waals surface area contributed by atoms with Crippen molar-refractivity contribution in [2.75, 3.05) is 32.7 Å². The minimum Gasteiger partial charge on any atom is -0.390 e. The Bertz CT molecular complexity index is 318. The quantitative estimate of drug-likeness (QED) is 0.818. The van der Waals surface area contributed by atoms with Crippen LogP contribution < -0.4 is 5.32 Å². The fourth-order valence-corrected chi connectivity index (χ4v) is 4.47. The standard InChI is InChI=1S/C18H36N2O/c1-4-19-14-18(9-5-7-16(2)13-18)15-20-11-6-8-17(3,21)10-12-20/h16,19,21H,4-15H2,1-3H3. The average Bonchev–Trinajstić information content (AvgIpc) is 2.58. The van der Waals surface area contributed by atoms with Crippen molar-refractivity contribution in [3.8, 4) is 0 Å². The summed E-state index contributed by atoms with van der Waals surface area (Å²) in [6, 6.07) is 0. The van der Waals surface area contributed by atoms with Crippen LogP contribution in [0.2, 0.25) is 0 Å². The van der Waals surface area contributed by atoms with E-state index in [1.54, 1.807) is 0 Å². The molecule has 1 aliphatic carbocycles. The van der Waals surface area contributed by atoms with Crippen molar-refractivity contribution in [2.45, 2.75) is 71.3 Å². The third kappa shape index (κ3) is 5.22. The van der Waals surface area contributed by atoms with Gasteiger partial charge in [0.05, 0.1) is 5.60 Å². The van der Waals surface area contributed by atoms with E-state index >= 15 is 0 Å². The highest BCUT2D eigenvalue weighted by Gasteiger charge is 2.37. The summed E-state index contributed by atoms with van der Waals surface area (Å²) in [5.41, 5.74) is 0.0211. The number of nitrogens with zero attached hydrogens (tertiary/aromatic N) is 1. The first kappa shape index (κ1) is 17.2. The van der Waals surface area contributed by atoms with E-state index in [-0.39, 0.29) is 0 Å². The van der Waals surface area contributed by atoms with Gasteiger partial charge >= 0.3 is 0 Å². The number of hydrogen-bond donors (Lipinski definition) is 2. The van der Waals surface area contributed by atoms with Crippen LogP contribution in [0.5, 0.6) is 0 Å². The van der Waals surface area contributed by atoms with Gasteiger partial charge in [0.1, 0.15) is 0 Å². The van der Waals surface area contributed by atoms with E-state index in [1.165, 1.54) is 45.3 Å². The van der Waals surface area contributed by atoms with Crippen molar-refractivity contribution in [2.24, 2.45) is 11.3 Å². The first-order chi connectivity index (χ1) is 9.95. The van der Waals surface area contributed by atoms with Gasteiger partial charge in [-0.2, -0.15) is 0 Å². The molecule has 0 amide bonds. The van der Waals surface area contributed by atoms with Gasteiger partial charge in [-0.1, -0.05) is 26.7 Å². The van der Waals surface area contributed by atoms with Crippen LogP contribution in [0.25, 0.3) is 0 Å². The number of likely N-dealkylation sites (tertiary alicyclic amines) is 1. The maximum Gasteiger partial charge on any atom is 0.0632 e. The molecule has 3 heteroatoms. The third-order valence-electron chi connectivity index (χ3n) is 5.65. The maximum absolute atomic E-state index is 10.3. The lowest BCUT2D eigenvalue weighted by atomic mass is 9.69. The van der Waals surface area contributed by atoms with Crippen LogP contribution >= 0.6 is 0 Å². The Morgan fingerprint density at radius 3 is 2.71 bits per heavy atom. The second-order valence-electron chi connectivity index (χ2n) is 8.11. The molecule has 1 saturated heterocycles. The SMILES string of the molecule is CCNCC1(CN2CCCC(C)(O)CC2)CCCC(C)C1. The zero-order chi connectivity index (χ0) is 15.3. The van der Waals surface area contributed by atoms with E-state index in [9.17, 15) is 5.11 Å². The minimum absolute atomic E-state index is 0.441. The Labute approximate surface area is 131 Å². The Hall–Kier alpha value is -0.120. The molecular formula is C18H36N2O. The molecule has 2 rings (SSSR count). The number of rotatable bonds is 5. The Balaban J connectivity index is 1.97. The smallest absolute Gasteiger partial charge is 0.0632 e. The molecule has 3 atom stereocenters. The average molecular weight is 296 g/mol. The van der Waals surface area contributed by atoms with Crippen LogP contribution in [0, 0.1) is 11.3 Å². The van der Waals surface area contributed by atoms with Crippen LogP contribution in [0.15, 0.2) is 0 Å². The second kappa shape index (κ2) is 7.43. The van der Waals surface area contributed by atoms with Gasteiger partial charge in [-0.15, -0.1) is 0 Å². The van der Waals surface area contributed by atoms with E-state index < -0.39 is 5.60 Å². The van der Waals surface area contributed by atoms with E-state index in [0.29, 0.717) is 5.41 Å². The second-order valence-corrected chi connectivity index (χ2v) is 8.11. The zero-order valence-corrected chi connectivity index (χ0v) is 14.5. The fourth-order valence-electron chi connectivity index (χ4n) is 4.47.